The predicted molar refractivity (Wildman–Crippen MR) is 73.3 cm³/mol. The Bertz CT molecular complexity index is 340. The second-order valence-corrected chi connectivity index (χ2v) is 5.75. The van der Waals surface area contributed by atoms with Crippen molar-refractivity contribution in [1.29, 1.82) is 0 Å². The van der Waals surface area contributed by atoms with E-state index < -0.39 is 17.4 Å². The lowest BCUT2D eigenvalue weighted by molar-refractivity contribution is -0.134. The van der Waals surface area contributed by atoms with Gasteiger partial charge in [0.25, 0.3) is 0 Å². The Balaban J connectivity index is 2.00. The topological polar surface area (TPSA) is 9.23 Å². The van der Waals surface area contributed by atoms with E-state index in [0.717, 1.165) is 18.4 Å². The lowest BCUT2D eigenvalue weighted by atomic mass is 10.1. The first-order chi connectivity index (χ1) is 8.97. The number of hydrogen-bond acceptors (Lipinski definition) is 1. The van der Waals surface area contributed by atoms with E-state index in [-0.39, 0.29) is 0 Å². The van der Waals surface area contributed by atoms with Crippen LogP contribution in [-0.2, 0) is 11.3 Å². The Hall–Kier alpha value is -0.550. The SMILES string of the molecule is FC(F)(F)CC(Br)CCCCOCc1ccccc1. The van der Waals surface area contributed by atoms with E-state index in [1.807, 2.05) is 30.3 Å². The van der Waals surface area contributed by atoms with Crippen molar-refractivity contribution in [1.82, 2.24) is 0 Å². The summed E-state index contributed by atoms with van der Waals surface area (Å²) >= 11 is 3.06. The van der Waals surface area contributed by atoms with E-state index in [2.05, 4.69) is 15.9 Å². The first-order valence-electron chi connectivity index (χ1n) is 6.30. The Morgan fingerprint density at radius 2 is 1.79 bits per heavy atom. The molecule has 0 aromatic heterocycles. The van der Waals surface area contributed by atoms with Crippen molar-refractivity contribution in [3.05, 3.63) is 35.9 Å². The Kier molecular flexibility index (Phi) is 7.46. The molecule has 1 unspecified atom stereocenters. The summed E-state index contributed by atoms with van der Waals surface area (Å²) < 4.78 is 41.7. The third-order valence-electron chi connectivity index (χ3n) is 2.62. The van der Waals surface area contributed by atoms with Crippen molar-refractivity contribution in [2.45, 2.75) is 43.3 Å². The minimum Gasteiger partial charge on any atom is -0.377 e. The quantitative estimate of drug-likeness (QED) is 0.474. The van der Waals surface area contributed by atoms with E-state index in [4.69, 9.17) is 4.74 Å². The number of hydrogen-bond donors (Lipinski definition) is 0. The molecular formula is C14H18BrF3O. The molecule has 0 heterocycles. The van der Waals surface area contributed by atoms with Gasteiger partial charge in [0.05, 0.1) is 13.0 Å². The van der Waals surface area contributed by atoms with Gasteiger partial charge in [-0.3, -0.25) is 0 Å². The van der Waals surface area contributed by atoms with Gasteiger partial charge < -0.3 is 4.74 Å². The molecule has 1 rings (SSSR count). The summed E-state index contributed by atoms with van der Waals surface area (Å²) in [6.45, 7) is 1.14. The van der Waals surface area contributed by atoms with Gasteiger partial charge in [0.2, 0.25) is 0 Å². The molecule has 0 saturated heterocycles. The molecule has 1 atom stereocenters. The number of unbranched alkanes of at least 4 members (excludes halogenated alkanes) is 1. The Morgan fingerprint density at radius 3 is 2.42 bits per heavy atom. The van der Waals surface area contributed by atoms with Crippen LogP contribution in [0.4, 0.5) is 13.2 Å². The maximum atomic E-state index is 12.1. The van der Waals surface area contributed by atoms with Gasteiger partial charge in [-0.25, -0.2) is 0 Å². The molecule has 1 aromatic carbocycles. The highest BCUT2D eigenvalue weighted by Gasteiger charge is 2.30. The minimum absolute atomic E-state index is 0.485. The van der Waals surface area contributed by atoms with Gasteiger partial charge >= 0.3 is 6.18 Å². The van der Waals surface area contributed by atoms with Crippen LogP contribution in [0.15, 0.2) is 30.3 Å². The van der Waals surface area contributed by atoms with E-state index in [1.165, 1.54) is 0 Å². The second-order valence-electron chi connectivity index (χ2n) is 4.45. The normalized spacial score (nSPS) is 13.5. The Morgan fingerprint density at radius 1 is 1.11 bits per heavy atom. The van der Waals surface area contributed by atoms with E-state index in [0.29, 0.717) is 19.6 Å². The highest BCUT2D eigenvalue weighted by atomic mass is 79.9. The van der Waals surface area contributed by atoms with Crippen molar-refractivity contribution in [3.8, 4) is 0 Å². The standard InChI is InChI=1S/C14H18BrF3O/c15-13(10-14(16,17)18)8-4-5-9-19-11-12-6-2-1-3-7-12/h1-3,6-7,13H,4-5,8-11H2. The van der Waals surface area contributed by atoms with Crippen LogP contribution >= 0.6 is 15.9 Å². The Labute approximate surface area is 120 Å². The number of alkyl halides is 4. The summed E-state index contributed by atoms with van der Waals surface area (Å²) in [5.41, 5.74) is 1.11. The number of benzene rings is 1. The fourth-order valence-electron chi connectivity index (χ4n) is 1.69. The number of halogens is 4. The lowest BCUT2D eigenvalue weighted by Crippen LogP contribution is -2.14. The monoisotopic (exact) mass is 338 g/mol. The van der Waals surface area contributed by atoms with Crippen molar-refractivity contribution in [2.24, 2.45) is 0 Å². The molecule has 0 aliphatic carbocycles. The van der Waals surface area contributed by atoms with E-state index in [9.17, 15) is 13.2 Å². The van der Waals surface area contributed by atoms with Crippen LogP contribution in [0.1, 0.15) is 31.2 Å². The predicted octanol–water partition coefficient (Wildman–Crippen LogP) is 5.09. The van der Waals surface area contributed by atoms with Gasteiger partial charge in [-0.2, -0.15) is 13.2 Å². The third kappa shape index (κ3) is 9.05. The average molecular weight is 339 g/mol. The van der Waals surface area contributed by atoms with Gasteiger partial charge in [-0.15, -0.1) is 0 Å². The maximum Gasteiger partial charge on any atom is 0.390 e. The van der Waals surface area contributed by atoms with Gasteiger partial charge in [0.1, 0.15) is 0 Å². The summed E-state index contributed by atoms with van der Waals surface area (Å²) in [5.74, 6) is 0. The first-order valence-corrected chi connectivity index (χ1v) is 7.21. The highest BCUT2D eigenvalue weighted by molar-refractivity contribution is 9.09. The van der Waals surface area contributed by atoms with Gasteiger partial charge in [-0.05, 0) is 18.4 Å². The summed E-state index contributed by atoms with van der Waals surface area (Å²) in [7, 11) is 0. The molecule has 108 valence electrons. The zero-order valence-electron chi connectivity index (χ0n) is 10.6. The van der Waals surface area contributed by atoms with Crippen molar-refractivity contribution in [2.75, 3.05) is 6.61 Å². The molecule has 1 aromatic rings. The van der Waals surface area contributed by atoms with Crippen LogP contribution in [0, 0.1) is 0 Å². The second kappa shape index (κ2) is 8.59. The number of ether oxygens (including phenoxy) is 1. The molecule has 19 heavy (non-hydrogen) atoms. The third-order valence-corrected chi connectivity index (χ3v) is 3.40. The summed E-state index contributed by atoms with van der Waals surface area (Å²) in [6, 6.07) is 9.81. The van der Waals surface area contributed by atoms with Crippen LogP contribution in [0.3, 0.4) is 0 Å². The zero-order valence-corrected chi connectivity index (χ0v) is 12.2. The molecule has 0 N–H and O–H groups in total. The van der Waals surface area contributed by atoms with E-state index in [1.54, 1.807) is 0 Å². The lowest BCUT2D eigenvalue weighted by Gasteiger charge is -2.12. The molecule has 5 heteroatoms. The molecular weight excluding hydrogens is 321 g/mol. The summed E-state index contributed by atoms with van der Waals surface area (Å²) in [5, 5.41) is 0. The molecule has 0 amide bonds. The van der Waals surface area contributed by atoms with Crippen molar-refractivity contribution < 1.29 is 17.9 Å². The molecule has 0 fully saturated rings. The van der Waals surface area contributed by atoms with E-state index >= 15 is 0 Å². The van der Waals surface area contributed by atoms with Crippen LogP contribution in [0.5, 0.6) is 0 Å². The minimum atomic E-state index is -4.09. The molecule has 0 bridgehead atoms. The summed E-state index contributed by atoms with van der Waals surface area (Å²) in [4.78, 5) is -0.485. The fraction of sp³-hybridized carbons (Fsp3) is 0.571. The largest absolute Gasteiger partial charge is 0.390 e. The molecule has 0 spiro atoms. The van der Waals surface area contributed by atoms with Crippen LogP contribution in [0.25, 0.3) is 0 Å². The van der Waals surface area contributed by atoms with Crippen LogP contribution in [-0.4, -0.2) is 17.6 Å². The smallest absolute Gasteiger partial charge is 0.377 e. The van der Waals surface area contributed by atoms with Crippen LogP contribution < -0.4 is 0 Å². The maximum absolute atomic E-state index is 12.1. The van der Waals surface area contributed by atoms with Crippen molar-refractivity contribution in [3.63, 3.8) is 0 Å². The number of rotatable bonds is 8. The zero-order chi connectivity index (χ0) is 14.1. The first kappa shape index (κ1) is 16.5. The van der Waals surface area contributed by atoms with Crippen molar-refractivity contribution >= 4 is 15.9 Å². The highest BCUT2D eigenvalue weighted by Crippen LogP contribution is 2.27. The molecule has 1 nitrogen and oxygen atoms in total. The molecule has 0 radical (unpaired) electrons. The average Bonchev–Trinajstić information content (AvgIpc) is 2.32. The summed E-state index contributed by atoms with van der Waals surface area (Å²) in [6.07, 6.45) is -2.81. The van der Waals surface area contributed by atoms with Gasteiger partial charge in [0, 0.05) is 11.4 Å². The van der Waals surface area contributed by atoms with Gasteiger partial charge in [0.15, 0.2) is 0 Å². The molecule has 0 saturated carbocycles. The van der Waals surface area contributed by atoms with Crippen LogP contribution in [0.2, 0.25) is 0 Å². The van der Waals surface area contributed by atoms with Gasteiger partial charge in [-0.1, -0.05) is 52.7 Å². The fourth-order valence-corrected chi connectivity index (χ4v) is 2.38. The molecule has 0 aliphatic heterocycles. The molecule has 0 aliphatic rings.